The zero-order valence-corrected chi connectivity index (χ0v) is 12.7. The Balaban J connectivity index is 2.37. The molecule has 0 radical (unpaired) electrons. The van der Waals surface area contributed by atoms with Crippen molar-refractivity contribution in [3.8, 4) is 5.75 Å². The van der Waals surface area contributed by atoms with Gasteiger partial charge in [-0.2, -0.15) is 0 Å². The third-order valence-electron chi connectivity index (χ3n) is 3.82. The summed E-state index contributed by atoms with van der Waals surface area (Å²) in [4.78, 5) is 13.1. The second-order valence-electron chi connectivity index (χ2n) is 5.15. The van der Waals surface area contributed by atoms with E-state index in [2.05, 4.69) is 0 Å². The highest BCUT2D eigenvalue weighted by molar-refractivity contribution is 5.91. The number of carboxylic acids is 1. The third kappa shape index (κ3) is 3.16. The molecule has 4 nitrogen and oxygen atoms in total. The van der Waals surface area contributed by atoms with Crippen LogP contribution < -0.4 is 4.74 Å². The molecule has 1 N–H and O–H groups in total. The van der Waals surface area contributed by atoms with E-state index in [4.69, 9.17) is 4.74 Å². The van der Waals surface area contributed by atoms with Gasteiger partial charge in [0.25, 0.3) is 0 Å². The fourth-order valence-electron chi connectivity index (χ4n) is 2.70. The van der Waals surface area contributed by atoms with Gasteiger partial charge in [0.2, 0.25) is 0 Å². The number of benzene rings is 2. The van der Waals surface area contributed by atoms with Crippen LogP contribution in [0.5, 0.6) is 5.75 Å². The van der Waals surface area contributed by atoms with Crippen molar-refractivity contribution in [2.24, 2.45) is 0 Å². The number of methoxy groups -OCH3 is 1. The summed E-state index contributed by atoms with van der Waals surface area (Å²) >= 11 is 0. The van der Waals surface area contributed by atoms with Crippen LogP contribution in [0.15, 0.2) is 36.4 Å². The minimum Gasteiger partial charge on any atom is -0.496 e. The minimum absolute atomic E-state index is 0.467. The summed E-state index contributed by atoms with van der Waals surface area (Å²) in [5, 5.41) is 11.4. The Morgan fingerprint density at radius 1 is 1.24 bits per heavy atom. The van der Waals surface area contributed by atoms with Crippen molar-refractivity contribution in [3.05, 3.63) is 42.0 Å². The van der Waals surface area contributed by atoms with Crippen LogP contribution in [0, 0.1) is 0 Å². The predicted molar refractivity (Wildman–Crippen MR) is 83.7 cm³/mol. The van der Waals surface area contributed by atoms with Gasteiger partial charge in [0.05, 0.1) is 7.11 Å². The lowest BCUT2D eigenvalue weighted by Crippen LogP contribution is -2.37. The molecular formula is C17H21NO3. The van der Waals surface area contributed by atoms with E-state index in [1.165, 1.54) is 0 Å². The van der Waals surface area contributed by atoms with Gasteiger partial charge in [-0.05, 0) is 30.5 Å². The first-order valence-corrected chi connectivity index (χ1v) is 7.06. The number of hydrogen-bond acceptors (Lipinski definition) is 3. The van der Waals surface area contributed by atoms with E-state index in [0.29, 0.717) is 13.0 Å². The van der Waals surface area contributed by atoms with Crippen molar-refractivity contribution in [3.63, 3.8) is 0 Å². The SMILES string of the molecule is CCC(C(=O)O)N(C)Cc1ccc(OC)c2ccccc12. The number of nitrogens with zero attached hydrogens (tertiary/aromatic N) is 1. The molecule has 0 amide bonds. The predicted octanol–water partition coefficient (Wildman–Crippen LogP) is 3.14. The van der Waals surface area contributed by atoms with Crippen molar-refractivity contribution >= 4 is 16.7 Å². The van der Waals surface area contributed by atoms with E-state index >= 15 is 0 Å². The van der Waals surface area contributed by atoms with Gasteiger partial charge < -0.3 is 9.84 Å². The van der Waals surface area contributed by atoms with Gasteiger partial charge in [-0.3, -0.25) is 9.69 Å². The molecule has 21 heavy (non-hydrogen) atoms. The molecule has 2 aromatic rings. The summed E-state index contributed by atoms with van der Waals surface area (Å²) in [5.41, 5.74) is 1.11. The van der Waals surface area contributed by atoms with Crippen LogP contribution in [0.2, 0.25) is 0 Å². The zero-order valence-electron chi connectivity index (χ0n) is 12.7. The van der Waals surface area contributed by atoms with Crippen LogP contribution in [-0.4, -0.2) is 36.2 Å². The minimum atomic E-state index is -0.780. The summed E-state index contributed by atoms with van der Waals surface area (Å²) in [6.07, 6.45) is 0.583. The van der Waals surface area contributed by atoms with Gasteiger partial charge in [-0.15, -0.1) is 0 Å². The number of fused-ring (bicyclic) bond motifs is 1. The van der Waals surface area contributed by atoms with Crippen LogP contribution in [0.3, 0.4) is 0 Å². The van der Waals surface area contributed by atoms with Crippen LogP contribution >= 0.6 is 0 Å². The van der Waals surface area contributed by atoms with Crippen LogP contribution in [0.4, 0.5) is 0 Å². The van der Waals surface area contributed by atoms with Gasteiger partial charge in [-0.25, -0.2) is 0 Å². The van der Waals surface area contributed by atoms with Gasteiger partial charge in [0.1, 0.15) is 11.8 Å². The van der Waals surface area contributed by atoms with Gasteiger partial charge >= 0.3 is 5.97 Å². The molecule has 4 heteroatoms. The van der Waals surface area contributed by atoms with Crippen molar-refractivity contribution in [2.45, 2.75) is 25.9 Å². The van der Waals surface area contributed by atoms with Crippen molar-refractivity contribution in [1.82, 2.24) is 4.90 Å². The lowest BCUT2D eigenvalue weighted by molar-refractivity contribution is -0.143. The Hall–Kier alpha value is -2.07. The second kappa shape index (κ2) is 6.59. The first-order valence-electron chi connectivity index (χ1n) is 7.06. The molecule has 112 valence electrons. The number of carboxylic acid groups (broad SMARTS) is 1. The lowest BCUT2D eigenvalue weighted by atomic mass is 10.0. The third-order valence-corrected chi connectivity index (χ3v) is 3.82. The van der Waals surface area contributed by atoms with E-state index in [0.717, 1.165) is 22.1 Å². The smallest absolute Gasteiger partial charge is 0.320 e. The summed E-state index contributed by atoms with van der Waals surface area (Å²) in [7, 11) is 3.51. The molecule has 0 spiro atoms. The molecule has 1 unspecified atom stereocenters. The van der Waals surface area contributed by atoms with Crippen molar-refractivity contribution in [1.29, 1.82) is 0 Å². The van der Waals surface area contributed by atoms with E-state index in [9.17, 15) is 9.90 Å². The quantitative estimate of drug-likeness (QED) is 0.886. The standard InChI is InChI=1S/C17H21NO3/c1-4-15(17(19)20)18(2)11-12-9-10-16(21-3)14-8-6-5-7-13(12)14/h5-10,15H,4,11H2,1-3H3,(H,19,20). The fraction of sp³-hybridized carbons (Fsp3) is 0.353. The van der Waals surface area contributed by atoms with Crippen LogP contribution in [0.25, 0.3) is 10.8 Å². The Kier molecular flexibility index (Phi) is 4.81. The molecule has 1 atom stereocenters. The number of ether oxygens (including phenoxy) is 1. The average molecular weight is 287 g/mol. The Labute approximate surface area is 124 Å². The monoisotopic (exact) mass is 287 g/mol. The highest BCUT2D eigenvalue weighted by Gasteiger charge is 2.21. The topological polar surface area (TPSA) is 49.8 Å². The number of aliphatic carboxylic acids is 1. The molecule has 0 heterocycles. The number of rotatable bonds is 6. The Morgan fingerprint density at radius 2 is 1.90 bits per heavy atom. The molecule has 2 rings (SSSR count). The number of likely N-dealkylation sites (N-methyl/N-ethyl adjacent to an activating group) is 1. The molecule has 0 saturated carbocycles. The van der Waals surface area contributed by atoms with E-state index in [-0.39, 0.29) is 0 Å². The maximum atomic E-state index is 11.3. The van der Waals surface area contributed by atoms with E-state index in [1.54, 1.807) is 7.11 Å². The maximum absolute atomic E-state index is 11.3. The van der Waals surface area contributed by atoms with Gasteiger partial charge in [0.15, 0.2) is 0 Å². The molecule has 0 aliphatic rings. The molecule has 2 aromatic carbocycles. The van der Waals surface area contributed by atoms with Crippen molar-refractivity contribution < 1.29 is 14.6 Å². The first kappa shape index (κ1) is 15.3. The lowest BCUT2D eigenvalue weighted by Gasteiger charge is -2.24. The molecular weight excluding hydrogens is 266 g/mol. The van der Waals surface area contributed by atoms with E-state index < -0.39 is 12.0 Å². The molecule has 0 aliphatic carbocycles. The average Bonchev–Trinajstić information content (AvgIpc) is 2.48. The highest BCUT2D eigenvalue weighted by Crippen LogP contribution is 2.29. The largest absolute Gasteiger partial charge is 0.496 e. The summed E-state index contributed by atoms with van der Waals surface area (Å²) in [5.74, 6) is 0.0556. The second-order valence-corrected chi connectivity index (χ2v) is 5.15. The summed E-state index contributed by atoms with van der Waals surface area (Å²) in [6.45, 7) is 2.48. The normalized spacial score (nSPS) is 12.6. The fourth-order valence-corrected chi connectivity index (χ4v) is 2.70. The highest BCUT2D eigenvalue weighted by atomic mass is 16.5. The maximum Gasteiger partial charge on any atom is 0.320 e. The molecule has 0 aliphatic heterocycles. The Bertz CT molecular complexity index is 639. The molecule has 0 aromatic heterocycles. The van der Waals surface area contributed by atoms with Crippen molar-refractivity contribution in [2.75, 3.05) is 14.2 Å². The zero-order chi connectivity index (χ0) is 15.4. The van der Waals surface area contributed by atoms with E-state index in [1.807, 2.05) is 55.3 Å². The number of hydrogen-bond donors (Lipinski definition) is 1. The van der Waals surface area contributed by atoms with Gasteiger partial charge in [-0.1, -0.05) is 37.3 Å². The first-order chi connectivity index (χ1) is 10.1. The Morgan fingerprint density at radius 3 is 2.48 bits per heavy atom. The summed E-state index contributed by atoms with van der Waals surface area (Å²) in [6, 6.07) is 11.5. The van der Waals surface area contributed by atoms with Gasteiger partial charge in [0, 0.05) is 11.9 Å². The summed E-state index contributed by atoms with van der Waals surface area (Å²) < 4.78 is 5.39. The molecule has 0 fully saturated rings. The number of carbonyl (C=O) groups is 1. The van der Waals surface area contributed by atoms with Crippen LogP contribution in [-0.2, 0) is 11.3 Å². The molecule has 0 saturated heterocycles. The molecule has 0 bridgehead atoms. The van der Waals surface area contributed by atoms with Crippen LogP contribution in [0.1, 0.15) is 18.9 Å².